The van der Waals surface area contributed by atoms with Gasteiger partial charge in [0.25, 0.3) is 11.8 Å². The predicted molar refractivity (Wildman–Crippen MR) is 92.8 cm³/mol. The zero-order valence-electron chi connectivity index (χ0n) is 13.2. The third-order valence-corrected chi connectivity index (χ3v) is 3.62. The summed E-state index contributed by atoms with van der Waals surface area (Å²) in [5.74, 6) is 0.303. The molecular formula is C17H17BrN2O4. The van der Waals surface area contributed by atoms with Crippen molar-refractivity contribution in [2.75, 3.05) is 7.11 Å². The summed E-state index contributed by atoms with van der Waals surface area (Å²) in [5.41, 5.74) is 5.08. The number of hydrazine groups is 1. The molecule has 126 valence electrons. The van der Waals surface area contributed by atoms with Crippen LogP contribution in [0, 0.1) is 0 Å². The summed E-state index contributed by atoms with van der Waals surface area (Å²) >= 11 is 3.33. The fourth-order valence-electron chi connectivity index (χ4n) is 1.83. The van der Waals surface area contributed by atoms with Gasteiger partial charge < -0.3 is 9.47 Å². The van der Waals surface area contributed by atoms with E-state index in [0.717, 1.165) is 4.47 Å². The minimum Gasteiger partial charge on any atom is -0.497 e. The van der Waals surface area contributed by atoms with Gasteiger partial charge in [-0.25, -0.2) is 0 Å². The van der Waals surface area contributed by atoms with E-state index in [9.17, 15) is 9.59 Å². The number of halogens is 1. The molecule has 0 spiro atoms. The number of benzene rings is 2. The van der Waals surface area contributed by atoms with Crippen LogP contribution in [0.25, 0.3) is 0 Å². The van der Waals surface area contributed by atoms with Crippen molar-refractivity contribution in [1.82, 2.24) is 10.9 Å². The summed E-state index contributed by atoms with van der Waals surface area (Å²) in [6.07, 6.45) is -0.768. The lowest BCUT2D eigenvalue weighted by molar-refractivity contribution is -0.128. The third-order valence-electron chi connectivity index (χ3n) is 3.13. The number of carbonyl (C=O) groups excluding carboxylic acids is 2. The Bertz CT molecular complexity index is 719. The van der Waals surface area contributed by atoms with Crippen LogP contribution in [0.2, 0.25) is 0 Å². The van der Waals surface area contributed by atoms with Crippen molar-refractivity contribution in [1.29, 1.82) is 0 Å². The molecule has 2 aromatic rings. The van der Waals surface area contributed by atoms with E-state index in [1.807, 2.05) is 6.07 Å². The summed E-state index contributed by atoms with van der Waals surface area (Å²) < 4.78 is 11.4. The van der Waals surface area contributed by atoms with Gasteiger partial charge in [-0.2, -0.15) is 0 Å². The van der Waals surface area contributed by atoms with Gasteiger partial charge in [-0.05, 0) is 49.4 Å². The van der Waals surface area contributed by atoms with Gasteiger partial charge in [0.05, 0.1) is 7.11 Å². The van der Waals surface area contributed by atoms with E-state index in [1.165, 1.54) is 0 Å². The Hall–Kier alpha value is -2.54. The van der Waals surface area contributed by atoms with Crippen molar-refractivity contribution in [2.45, 2.75) is 13.0 Å². The van der Waals surface area contributed by atoms with Gasteiger partial charge in [0, 0.05) is 10.0 Å². The van der Waals surface area contributed by atoms with E-state index >= 15 is 0 Å². The Balaban J connectivity index is 1.86. The highest BCUT2D eigenvalue weighted by molar-refractivity contribution is 9.10. The molecule has 1 unspecified atom stereocenters. The van der Waals surface area contributed by atoms with E-state index in [1.54, 1.807) is 56.5 Å². The standard InChI is InChI=1S/C17H17BrN2O4/c1-11(24-15-5-3-4-13(18)10-15)16(21)19-20-17(22)12-6-8-14(23-2)9-7-12/h3-11H,1-2H3,(H,19,21)(H,20,22). The van der Waals surface area contributed by atoms with E-state index in [2.05, 4.69) is 26.8 Å². The third kappa shape index (κ3) is 4.99. The fraction of sp³-hybridized carbons (Fsp3) is 0.176. The van der Waals surface area contributed by atoms with Gasteiger partial charge in [-0.3, -0.25) is 20.4 Å². The highest BCUT2D eigenvalue weighted by Gasteiger charge is 2.16. The summed E-state index contributed by atoms with van der Waals surface area (Å²) in [7, 11) is 1.54. The molecule has 0 heterocycles. The molecule has 2 amide bonds. The first-order chi connectivity index (χ1) is 11.5. The lowest BCUT2D eigenvalue weighted by Gasteiger charge is -2.15. The molecule has 0 aliphatic heterocycles. The van der Waals surface area contributed by atoms with Crippen LogP contribution in [0.3, 0.4) is 0 Å². The first-order valence-electron chi connectivity index (χ1n) is 7.16. The quantitative estimate of drug-likeness (QED) is 0.766. The zero-order valence-corrected chi connectivity index (χ0v) is 14.8. The average molecular weight is 393 g/mol. The predicted octanol–water partition coefficient (Wildman–Crippen LogP) is 2.69. The van der Waals surface area contributed by atoms with Crippen LogP contribution in [-0.4, -0.2) is 25.0 Å². The lowest BCUT2D eigenvalue weighted by atomic mass is 10.2. The van der Waals surface area contributed by atoms with Crippen LogP contribution in [0.15, 0.2) is 53.0 Å². The van der Waals surface area contributed by atoms with Gasteiger partial charge >= 0.3 is 0 Å². The van der Waals surface area contributed by atoms with E-state index < -0.39 is 17.9 Å². The molecular weight excluding hydrogens is 376 g/mol. The molecule has 0 aliphatic rings. The molecule has 7 heteroatoms. The normalized spacial score (nSPS) is 11.3. The van der Waals surface area contributed by atoms with Gasteiger partial charge in [0.2, 0.25) is 0 Å². The Morgan fingerprint density at radius 1 is 1.04 bits per heavy atom. The number of hydrogen-bond donors (Lipinski definition) is 2. The summed E-state index contributed by atoms with van der Waals surface area (Å²) in [5, 5.41) is 0. The second kappa shape index (κ2) is 8.35. The van der Waals surface area contributed by atoms with Crippen LogP contribution in [0.5, 0.6) is 11.5 Å². The number of carbonyl (C=O) groups is 2. The van der Waals surface area contributed by atoms with Crippen molar-refractivity contribution in [3.63, 3.8) is 0 Å². The van der Waals surface area contributed by atoms with Gasteiger partial charge in [0.15, 0.2) is 6.10 Å². The van der Waals surface area contributed by atoms with Crippen LogP contribution in [0.1, 0.15) is 17.3 Å². The van der Waals surface area contributed by atoms with E-state index in [-0.39, 0.29) is 0 Å². The summed E-state index contributed by atoms with van der Waals surface area (Å²) in [6, 6.07) is 13.7. The molecule has 2 aromatic carbocycles. The number of hydrogen-bond acceptors (Lipinski definition) is 4. The molecule has 0 saturated heterocycles. The van der Waals surface area contributed by atoms with Crippen LogP contribution in [0.4, 0.5) is 0 Å². The zero-order chi connectivity index (χ0) is 17.5. The van der Waals surface area contributed by atoms with Crippen LogP contribution < -0.4 is 20.3 Å². The minimum atomic E-state index is -0.768. The maximum atomic E-state index is 12.0. The second-order valence-electron chi connectivity index (χ2n) is 4.89. The molecule has 6 nitrogen and oxygen atoms in total. The smallest absolute Gasteiger partial charge is 0.279 e. The van der Waals surface area contributed by atoms with Crippen molar-refractivity contribution in [2.24, 2.45) is 0 Å². The molecule has 0 aliphatic carbocycles. The highest BCUT2D eigenvalue weighted by atomic mass is 79.9. The Labute approximate surface area is 148 Å². The number of ether oxygens (including phenoxy) is 2. The second-order valence-corrected chi connectivity index (χ2v) is 5.81. The number of nitrogens with one attached hydrogen (secondary N) is 2. The first kappa shape index (κ1) is 17.8. The Morgan fingerprint density at radius 3 is 2.38 bits per heavy atom. The maximum absolute atomic E-state index is 12.0. The molecule has 2 N–H and O–H groups in total. The molecule has 0 radical (unpaired) electrons. The fourth-order valence-corrected chi connectivity index (χ4v) is 2.21. The van der Waals surface area contributed by atoms with Crippen LogP contribution in [-0.2, 0) is 4.79 Å². The van der Waals surface area contributed by atoms with Gasteiger partial charge in [0.1, 0.15) is 11.5 Å². The largest absolute Gasteiger partial charge is 0.497 e. The van der Waals surface area contributed by atoms with Crippen molar-refractivity contribution in [3.8, 4) is 11.5 Å². The molecule has 1 atom stereocenters. The SMILES string of the molecule is COc1ccc(C(=O)NNC(=O)C(C)Oc2cccc(Br)c2)cc1. The van der Waals surface area contributed by atoms with Crippen molar-refractivity contribution < 1.29 is 19.1 Å². The van der Waals surface area contributed by atoms with E-state index in [4.69, 9.17) is 9.47 Å². The minimum absolute atomic E-state index is 0.400. The number of methoxy groups -OCH3 is 1. The van der Waals surface area contributed by atoms with Gasteiger partial charge in [-0.15, -0.1) is 0 Å². The lowest BCUT2D eigenvalue weighted by Crippen LogP contribution is -2.47. The Kier molecular flexibility index (Phi) is 6.20. The molecule has 0 saturated carbocycles. The van der Waals surface area contributed by atoms with Gasteiger partial charge in [-0.1, -0.05) is 22.0 Å². The van der Waals surface area contributed by atoms with Crippen molar-refractivity contribution >= 4 is 27.7 Å². The molecule has 0 fully saturated rings. The highest BCUT2D eigenvalue weighted by Crippen LogP contribution is 2.18. The summed E-state index contributed by atoms with van der Waals surface area (Å²) in [4.78, 5) is 23.9. The van der Waals surface area contributed by atoms with Crippen LogP contribution >= 0.6 is 15.9 Å². The Morgan fingerprint density at radius 2 is 1.75 bits per heavy atom. The number of amides is 2. The topological polar surface area (TPSA) is 76.7 Å². The molecule has 0 bridgehead atoms. The molecule has 0 aromatic heterocycles. The maximum Gasteiger partial charge on any atom is 0.279 e. The van der Waals surface area contributed by atoms with E-state index in [0.29, 0.717) is 17.1 Å². The van der Waals surface area contributed by atoms with Crippen molar-refractivity contribution in [3.05, 3.63) is 58.6 Å². The molecule has 24 heavy (non-hydrogen) atoms. The first-order valence-corrected chi connectivity index (χ1v) is 7.95. The summed E-state index contributed by atoms with van der Waals surface area (Å²) in [6.45, 7) is 1.59. The average Bonchev–Trinajstić information content (AvgIpc) is 2.59. The monoisotopic (exact) mass is 392 g/mol. The molecule has 2 rings (SSSR count). The number of rotatable bonds is 5.